The summed E-state index contributed by atoms with van der Waals surface area (Å²) in [6.07, 6.45) is -1.95. The maximum atomic E-state index is 12.0. The first-order valence-corrected chi connectivity index (χ1v) is 7.44. The van der Waals surface area contributed by atoms with Crippen molar-refractivity contribution in [1.29, 1.82) is 0 Å². The van der Waals surface area contributed by atoms with E-state index in [2.05, 4.69) is 15.0 Å². The van der Waals surface area contributed by atoms with Crippen molar-refractivity contribution in [2.75, 3.05) is 13.2 Å². The van der Waals surface area contributed by atoms with Crippen LogP contribution < -0.4 is 10.1 Å². The number of aromatic nitrogens is 2. The van der Waals surface area contributed by atoms with E-state index in [1.54, 1.807) is 19.3 Å². The molecule has 27 heavy (non-hydrogen) atoms. The van der Waals surface area contributed by atoms with Gasteiger partial charge in [-0.25, -0.2) is 9.78 Å². The average Bonchev–Trinajstić information content (AvgIpc) is 3.04. The minimum atomic E-state index is -4.51. The van der Waals surface area contributed by atoms with Gasteiger partial charge in [0.2, 0.25) is 5.88 Å². The van der Waals surface area contributed by atoms with Gasteiger partial charge in [-0.15, -0.1) is 0 Å². The lowest BCUT2D eigenvalue weighted by molar-refractivity contribution is -0.154. The lowest BCUT2D eigenvalue weighted by Crippen LogP contribution is -2.35. The number of pyridine rings is 1. The average molecular weight is 385 g/mol. The summed E-state index contributed by atoms with van der Waals surface area (Å²) in [6, 6.07) is 5.31. The number of carbonyl (C=O) groups is 3. The van der Waals surface area contributed by atoms with Crippen LogP contribution in [0.2, 0.25) is 0 Å². The van der Waals surface area contributed by atoms with E-state index in [4.69, 9.17) is 4.74 Å². The molecule has 2 heterocycles. The van der Waals surface area contributed by atoms with E-state index in [0.717, 1.165) is 18.3 Å². The van der Waals surface area contributed by atoms with Gasteiger partial charge in [0.05, 0.1) is 5.56 Å². The van der Waals surface area contributed by atoms with Crippen molar-refractivity contribution in [1.82, 2.24) is 14.9 Å². The van der Waals surface area contributed by atoms with Gasteiger partial charge in [-0.05, 0) is 18.2 Å². The second-order valence-electron chi connectivity index (χ2n) is 5.25. The number of imide groups is 1. The van der Waals surface area contributed by atoms with Crippen molar-refractivity contribution in [3.05, 3.63) is 47.9 Å². The fourth-order valence-corrected chi connectivity index (χ4v) is 1.88. The summed E-state index contributed by atoms with van der Waals surface area (Å²) in [6.45, 7) is -2.24. The van der Waals surface area contributed by atoms with E-state index in [-0.39, 0.29) is 17.1 Å². The van der Waals surface area contributed by atoms with Crippen LogP contribution in [0.1, 0.15) is 20.8 Å². The maximum Gasteiger partial charge on any atom is 0.422 e. The van der Waals surface area contributed by atoms with Crippen LogP contribution >= 0.6 is 0 Å². The summed E-state index contributed by atoms with van der Waals surface area (Å²) in [5.74, 6) is -2.76. The molecule has 0 bridgehead atoms. The van der Waals surface area contributed by atoms with Gasteiger partial charge in [0.25, 0.3) is 11.8 Å². The maximum absolute atomic E-state index is 12.0. The Morgan fingerprint density at radius 2 is 1.96 bits per heavy atom. The number of hydrogen-bond acceptors (Lipinski definition) is 6. The highest BCUT2D eigenvalue weighted by atomic mass is 19.4. The third-order valence-electron chi connectivity index (χ3n) is 3.12. The molecule has 11 heteroatoms. The van der Waals surface area contributed by atoms with Gasteiger partial charge >= 0.3 is 12.1 Å². The van der Waals surface area contributed by atoms with Crippen molar-refractivity contribution in [2.45, 2.75) is 6.18 Å². The fraction of sp³-hybridized carbons (Fsp3) is 0.250. The van der Waals surface area contributed by atoms with Gasteiger partial charge in [0.15, 0.2) is 13.2 Å². The van der Waals surface area contributed by atoms with E-state index >= 15 is 0 Å². The number of nitrogens with one attached hydrogen (secondary N) is 1. The Hall–Kier alpha value is -3.37. The molecule has 0 aliphatic carbocycles. The number of amides is 2. The molecule has 0 saturated carbocycles. The molecule has 1 N–H and O–H groups in total. The van der Waals surface area contributed by atoms with Gasteiger partial charge in [-0.3, -0.25) is 14.9 Å². The molecular weight excluding hydrogens is 371 g/mol. The summed E-state index contributed by atoms with van der Waals surface area (Å²) in [5, 5.41) is 2.05. The zero-order valence-electron chi connectivity index (χ0n) is 13.9. The van der Waals surface area contributed by atoms with Crippen LogP contribution in [-0.4, -0.2) is 46.7 Å². The molecule has 0 aliphatic heterocycles. The zero-order chi connectivity index (χ0) is 20.0. The lowest BCUT2D eigenvalue weighted by atomic mass is 10.3. The van der Waals surface area contributed by atoms with Crippen LogP contribution in [-0.2, 0) is 16.6 Å². The van der Waals surface area contributed by atoms with Crippen molar-refractivity contribution >= 4 is 17.8 Å². The molecule has 0 unspecified atom stereocenters. The van der Waals surface area contributed by atoms with Gasteiger partial charge in [-0.1, -0.05) is 0 Å². The standard InChI is InChI=1S/C16H14F3N3O5/c1-22-6-2-3-11(22)14(24)21-12(23)8-26-15(25)10-4-5-13(20-7-10)27-9-16(17,18)19/h2-7H,8-9H2,1H3,(H,21,23,24). The monoisotopic (exact) mass is 385 g/mol. The molecule has 0 fully saturated rings. The highest BCUT2D eigenvalue weighted by Crippen LogP contribution is 2.17. The first kappa shape index (κ1) is 19.9. The van der Waals surface area contributed by atoms with Crippen LogP contribution in [0.25, 0.3) is 0 Å². The second kappa shape index (κ2) is 8.34. The van der Waals surface area contributed by atoms with Crippen molar-refractivity contribution in [3.63, 3.8) is 0 Å². The number of alkyl halides is 3. The third-order valence-corrected chi connectivity index (χ3v) is 3.12. The smallest absolute Gasteiger partial charge is 0.422 e. The van der Waals surface area contributed by atoms with E-state index in [1.165, 1.54) is 10.6 Å². The summed E-state index contributed by atoms with van der Waals surface area (Å²) in [4.78, 5) is 38.8. The number of hydrogen-bond donors (Lipinski definition) is 1. The molecule has 2 rings (SSSR count). The molecule has 0 aromatic carbocycles. The first-order valence-electron chi connectivity index (χ1n) is 7.44. The number of nitrogens with zero attached hydrogens (tertiary/aromatic N) is 2. The number of ether oxygens (including phenoxy) is 2. The lowest BCUT2D eigenvalue weighted by Gasteiger charge is -2.09. The Bertz CT molecular complexity index is 831. The van der Waals surface area contributed by atoms with Gasteiger partial charge in [-0.2, -0.15) is 13.2 Å². The molecule has 2 aromatic rings. The number of halogens is 3. The van der Waals surface area contributed by atoms with Crippen molar-refractivity contribution in [3.8, 4) is 5.88 Å². The Labute approximate surface area is 150 Å². The Balaban J connectivity index is 1.82. The molecule has 8 nitrogen and oxygen atoms in total. The van der Waals surface area contributed by atoms with E-state index in [1.807, 2.05) is 0 Å². The van der Waals surface area contributed by atoms with E-state index in [0.29, 0.717) is 0 Å². The minimum Gasteiger partial charge on any atom is -0.468 e. The highest BCUT2D eigenvalue weighted by molar-refractivity contribution is 6.04. The molecule has 2 aromatic heterocycles. The summed E-state index contributed by atoms with van der Waals surface area (Å²) in [5.41, 5.74) is 0.143. The number of carbonyl (C=O) groups excluding carboxylic acids is 3. The van der Waals surface area contributed by atoms with Gasteiger partial charge < -0.3 is 14.0 Å². The molecular formula is C16H14F3N3O5. The van der Waals surface area contributed by atoms with Crippen LogP contribution in [0.3, 0.4) is 0 Å². The molecule has 0 aliphatic rings. The molecule has 0 saturated heterocycles. The van der Waals surface area contributed by atoms with Crippen molar-refractivity contribution in [2.24, 2.45) is 7.05 Å². The van der Waals surface area contributed by atoms with E-state index in [9.17, 15) is 27.6 Å². The van der Waals surface area contributed by atoms with Crippen LogP contribution in [0.4, 0.5) is 13.2 Å². The topological polar surface area (TPSA) is 99.5 Å². The Morgan fingerprint density at radius 3 is 2.52 bits per heavy atom. The Kier molecular flexibility index (Phi) is 6.16. The van der Waals surface area contributed by atoms with Crippen LogP contribution in [0.5, 0.6) is 5.88 Å². The predicted molar refractivity (Wildman–Crippen MR) is 84.0 cm³/mol. The normalized spacial score (nSPS) is 11.0. The molecule has 144 valence electrons. The second-order valence-corrected chi connectivity index (χ2v) is 5.25. The SMILES string of the molecule is Cn1cccc1C(=O)NC(=O)COC(=O)c1ccc(OCC(F)(F)F)nc1. The summed E-state index contributed by atoms with van der Waals surface area (Å²) >= 11 is 0. The van der Waals surface area contributed by atoms with E-state index < -0.39 is 37.2 Å². The number of esters is 1. The Morgan fingerprint density at radius 1 is 1.22 bits per heavy atom. The summed E-state index contributed by atoms with van der Waals surface area (Å²) < 4.78 is 46.7. The van der Waals surface area contributed by atoms with Crippen molar-refractivity contribution < 1.29 is 37.0 Å². The van der Waals surface area contributed by atoms with Gasteiger partial charge in [0, 0.05) is 25.5 Å². The van der Waals surface area contributed by atoms with Crippen LogP contribution in [0.15, 0.2) is 36.7 Å². The zero-order valence-corrected chi connectivity index (χ0v) is 13.9. The minimum absolute atomic E-state index is 0.101. The number of aryl methyl sites for hydroxylation is 1. The molecule has 0 atom stereocenters. The first-order chi connectivity index (χ1) is 12.7. The quantitative estimate of drug-likeness (QED) is 0.756. The highest BCUT2D eigenvalue weighted by Gasteiger charge is 2.28. The molecule has 0 radical (unpaired) electrons. The molecule has 2 amide bonds. The largest absolute Gasteiger partial charge is 0.468 e. The molecule has 0 spiro atoms. The predicted octanol–water partition coefficient (Wildman–Crippen LogP) is 1.47. The number of rotatable bonds is 6. The van der Waals surface area contributed by atoms with Crippen LogP contribution in [0, 0.1) is 0 Å². The summed E-state index contributed by atoms with van der Waals surface area (Å²) in [7, 11) is 1.62. The fourth-order valence-electron chi connectivity index (χ4n) is 1.88. The third kappa shape index (κ3) is 6.13. The van der Waals surface area contributed by atoms with Gasteiger partial charge in [0.1, 0.15) is 5.69 Å².